The molecule has 0 aromatic heterocycles. The Morgan fingerprint density at radius 1 is 0.793 bits per heavy atom. The molecule has 1 atom stereocenters. The number of sulfone groups is 1. The normalized spacial score (nSPS) is 12.8. The molecule has 4 rings (SSSR count). The second kappa shape index (κ2) is 7.43. The van der Waals surface area contributed by atoms with Gasteiger partial charge in [0.2, 0.25) is 9.84 Å². The van der Waals surface area contributed by atoms with E-state index in [0.717, 1.165) is 21.9 Å². The molecule has 0 radical (unpaired) electrons. The number of aliphatic hydroxyl groups excluding tert-OH is 1. The molecule has 4 aromatic carbocycles. The summed E-state index contributed by atoms with van der Waals surface area (Å²) in [4.78, 5) is 0.282. The number of fused-ring (bicyclic) bond motifs is 1. The highest BCUT2D eigenvalue weighted by Gasteiger charge is 2.23. The smallest absolute Gasteiger partial charge is 0.206 e. The highest BCUT2D eigenvalue weighted by Crippen LogP contribution is 2.31. The van der Waals surface area contributed by atoms with Crippen molar-refractivity contribution in [3.05, 3.63) is 96.3 Å². The first-order chi connectivity index (χ1) is 13.9. The van der Waals surface area contributed by atoms with Gasteiger partial charge in [-0.15, -0.1) is 0 Å². The van der Waals surface area contributed by atoms with Crippen LogP contribution in [0.2, 0.25) is 0 Å². The average molecular weight is 406 g/mol. The lowest BCUT2D eigenvalue weighted by Gasteiger charge is -2.13. The molecule has 4 aromatic rings. The molecule has 0 aliphatic rings. The maximum atomic E-state index is 13.2. The second-order valence-corrected chi connectivity index (χ2v) is 8.87. The fraction of sp³-hybridized carbons (Fsp3) is 0.0833. The lowest BCUT2D eigenvalue weighted by Crippen LogP contribution is -2.07. The van der Waals surface area contributed by atoms with Gasteiger partial charge < -0.3 is 5.11 Å². The van der Waals surface area contributed by atoms with Crippen molar-refractivity contribution in [1.82, 2.24) is 0 Å². The first-order valence-corrected chi connectivity index (χ1v) is 10.7. The third-order valence-electron chi connectivity index (χ3n) is 4.96. The quantitative estimate of drug-likeness (QED) is 0.485. The maximum absolute atomic E-state index is 13.2. The molecule has 0 aliphatic carbocycles. The fourth-order valence-corrected chi connectivity index (χ4v) is 5.00. The van der Waals surface area contributed by atoms with E-state index in [0.29, 0.717) is 5.56 Å². The molecule has 0 saturated heterocycles. The van der Waals surface area contributed by atoms with Gasteiger partial charge >= 0.3 is 0 Å². The van der Waals surface area contributed by atoms with E-state index in [-0.39, 0.29) is 15.6 Å². The largest absolute Gasteiger partial charge is 0.389 e. The Balaban J connectivity index is 1.78. The molecule has 0 fully saturated rings. The molecular formula is C24H19FO3S. The Bertz CT molecular complexity index is 1290. The van der Waals surface area contributed by atoms with E-state index >= 15 is 0 Å². The third kappa shape index (κ3) is 3.67. The van der Waals surface area contributed by atoms with Gasteiger partial charge in [0.15, 0.2) is 0 Å². The molecule has 0 heterocycles. The van der Waals surface area contributed by atoms with Crippen LogP contribution < -0.4 is 0 Å². The molecule has 0 saturated carbocycles. The monoisotopic (exact) mass is 406 g/mol. The summed E-state index contributed by atoms with van der Waals surface area (Å²) in [5.41, 5.74) is 2.18. The molecule has 0 spiro atoms. The Morgan fingerprint density at radius 2 is 1.41 bits per heavy atom. The average Bonchev–Trinajstić information content (AvgIpc) is 2.73. The highest BCUT2D eigenvalue weighted by molar-refractivity contribution is 7.91. The van der Waals surface area contributed by atoms with Gasteiger partial charge in [-0.3, -0.25) is 0 Å². The summed E-state index contributed by atoms with van der Waals surface area (Å²) in [7, 11) is -3.77. The van der Waals surface area contributed by atoms with Gasteiger partial charge in [-0.25, -0.2) is 12.8 Å². The molecule has 3 nitrogen and oxygen atoms in total. The number of aliphatic hydroxyl groups is 1. The van der Waals surface area contributed by atoms with Crippen molar-refractivity contribution < 1.29 is 17.9 Å². The van der Waals surface area contributed by atoms with Gasteiger partial charge in [0.1, 0.15) is 5.82 Å². The number of hydrogen-bond acceptors (Lipinski definition) is 3. The van der Waals surface area contributed by atoms with Crippen LogP contribution in [-0.4, -0.2) is 13.5 Å². The van der Waals surface area contributed by atoms with Crippen molar-refractivity contribution in [3.8, 4) is 11.1 Å². The number of rotatable bonds is 4. The van der Waals surface area contributed by atoms with Gasteiger partial charge in [-0.05, 0) is 70.8 Å². The van der Waals surface area contributed by atoms with Crippen LogP contribution >= 0.6 is 0 Å². The minimum absolute atomic E-state index is 0.109. The SMILES string of the molecule is C[C@@H](O)c1ccccc1S(=O)(=O)c1ccc2cc(-c3ccc(F)cc3)ccc2c1. The van der Waals surface area contributed by atoms with Crippen LogP contribution in [0.3, 0.4) is 0 Å². The summed E-state index contributed by atoms with van der Waals surface area (Å²) < 4.78 is 39.5. The zero-order chi connectivity index (χ0) is 20.6. The minimum Gasteiger partial charge on any atom is -0.389 e. The molecule has 1 N–H and O–H groups in total. The van der Waals surface area contributed by atoms with Gasteiger partial charge in [-0.1, -0.05) is 48.5 Å². The van der Waals surface area contributed by atoms with Crippen molar-refractivity contribution in [2.24, 2.45) is 0 Å². The van der Waals surface area contributed by atoms with Crippen LogP contribution in [0, 0.1) is 5.82 Å². The van der Waals surface area contributed by atoms with Crippen molar-refractivity contribution in [3.63, 3.8) is 0 Å². The van der Waals surface area contributed by atoms with Crippen LogP contribution in [0.1, 0.15) is 18.6 Å². The molecular weight excluding hydrogens is 387 g/mol. The summed E-state index contributed by atoms with van der Waals surface area (Å²) in [5, 5.41) is 11.6. The van der Waals surface area contributed by atoms with Crippen molar-refractivity contribution in [2.75, 3.05) is 0 Å². The van der Waals surface area contributed by atoms with Crippen LogP contribution in [0.15, 0.2) is 94.7 Å². The summed E-state index contributed by atoms with van der Waals surface area (Å²) in [6, 6.07) is 23.4. The Kier molecular flexibility index (Phi) is 4.94. The Morgan fingerprint density at radius 3 is 2.14 bits per heavy atom. The van der Waals surface area contributed by atoms with Crippen molar-refractivity contribution >= 4 is 20.6 Å². The maximum Gasteiger partial charge on any atom is 0.206 e. The second-order valence-electron chi connectivity index (χ2n) is 6.95. The van der Waals surface area contributed by atoms with E-state index in [1.54, 1.807) is 55.5 Å². The number of benzene rings is 4. The molecule has 0 unspecified atom stereocenters. The Labute approximate surface area is 169 Å². The number of halogens is 1. The van der Waals surface area contributed by atoms with Gasteiger partial charge in [0.05, 0.1) is 15.9 Å². The summed E-state index contributed by atoms with van der Waals surface area (Å²) >= 11 is 0. The van der Waals surface area contributed by atoms with Crippen LogP contribution in [0.4, 0.5) is 4.39 Å². The Hall–Kier alpha value is -3.02. The van der Waals surface area contributed by atoms with Crippen molar-refractivity contribution in [2.45, 2.75) is 22.8 Å². The molecule has 0 amide bonds. The zero-order valence-corrected chi connectivity index (χ0v) is 16.5. The topological polar surface area (TPSA) is 54.4 Å². The highest BCUT2D eigenvalue weighted by atomic mass is 32.2. The predicted molar refractivity (Wildman–Crippen MR) is 112 cm³/mol. The summed E-state index contributed by atoms with van der Waals surface area (Å²) in [5.74, 6) is -0.290. The summed E-state index contributed by atoms with van der Waals surface area (Å²) in [6.45, 7) is 1.55. The van der Waals surface area contributed by atoms with Crippen LogP contribution in [0.5, 0.6) is 0 Å². The lowest BCUT2D eigenvalue weighted by molar-refractivity contribution is 0.196. The van der Waals surface area contributed by atoms with E-state index in [2.05, 4.69) is 0 Å². The summed E-state index contributed by atoms with van der Waals surface area (Å²) in [6.07, 6.45) is -0.889. The van der Waals surface area contributed by atoms with Gasteiger partial charge in [0, 0.05) is 0 Å². The van der Waals surface area contributed by atoms with Crippen LogP contribution in [0.25, 0.3) is 21.9 Å². The fourth-order valence-electron chi connectivity index (χ4n) is 3.41. The van der Waals surface area contributed by atoms with E-state index in [1.807, 2.05) is 18.2 Å². The minimum atomic E-state index is -3.77. The molecule has 5 heteroatoms. The number of hydrogen-bond donors (Lipinski definition) is 1. The van der Waals surface area contributed by atoms with Crippen LogP contribution in [-0.2, 0) is 9.84 Å². The third-order valence-corrected chi connectivity index (χ3v) is 6.78. The first kappa shape index (κ1) is 19.3. The van der Waals surface area contributed by atoms with Crippen molar-refractivity contribution in [1.29, 1.82) is 0 Å². The van der Waals surface area contributed by atoms with E-state index in [4.69, 9.17) is 0 Å². The van der Waals surface area contributed by atoms with E-state index < -0.39 is 15.9 Å². The van der Waals surface area contributed by atoms with E-state index in [1.165, 1.54) is 18.2 Å². The zero-order valence-electron chi connectivity index (χ0n) is 15.7. The van der Waals surface area contributed by atoms with Gasteiger partial charge in [0.25, 0.3) is 0 Å². The van der Waals surface area contributed by atoms with E-state index in [9.17, 15) is 17.9 Å². The molecule has 0 bridgehead atoms. The molecule has 0 aliphatic heterocycles. The molecule has 29 heavy (non-hydrogen) atoms. The predicted octanol–water partition coefficient (Wildman–Crippen LogP) is 5.53. The lowest BCUT2D eigenvalue weighted by atomic mass is 10.0. The molecule has 146 valence electrons. The standard InChI is InChI=1S/C24H19FO3S/c1-16(26)23-4-2-3-5-24(23)29(27,28)22-13-10-19-14-18(6-7-20(19)15-22)17-8-11-21(25)12-9-17/h2-16,26H,1H3/t16-/m1/s1. The first-order valence-electron chi connectivity index (χ1n) is 9.18. The van der Waals surface area contributed by atoms with Gasteiger partial charge in [-0.2, -0.15) is 0 Å².